The van der Waals surface area contributed by atoms with Gasteiger partial charge in [0.25, 0.3) is 0 Å². The van der Waals surface area contributed by atoms with Gasteiger partial charge >= 0.3 is 5.97 Å². The molecule has 0 bridgehead atoms. The summed E-state index contributed by atoms with van der Waals surface area (Å²) in [6, 6.07) is 8.18. The number of aromatic nitrogens is 1. The molecule has 0 saturated carbocycles. The lowest BCUT2D eigenvalue weighted by molar-refractivity contribution is -0.116. The van der Waals surface area contributed by atoms with Gasteiger partial charge in [-0.25, -0.2) is 13.6 Å². The molecule has 2 aromatic carbocycles. The van der Waals surface area contributed by atoms with Crippen molar-refractivity contribution in [2.45, 2.75) is 12.8 Å². The van der Waals surface area contributed by atoms with E-state index < -0.39 is 29.4 Å². The highest BCUT2D eigenvalue weighted by molar-refractivity contribution is 6.08. The summed E-state index contributed by atoms with van der Waals surface area (Å²) in [6.45, 7) is 1.63. The number of fused-ring (bicyclic) bond motifs is 1. The number of amides is 1. The predicted molar refractivity (Wildman–Crippen MR) is 106 cm³/mol. The molecule has 0 fully saturated rings. The summed E-state index contributed by atoms with van der Waals surface area (Å²) in [5.41, 5.74) is 1.92. The fraction of sp³-hybridized carbons (Fsp3) is 0.182. The molecule has 0 unspecified atom stereocenters. The molecule has 1 aromatic heterocycles. The summed E-state index contributed by atoms with van der Waals surface area (Å²) >= 11 is 0. The van der Waals surface area contributed by atoms with E-state index in [9.17, 15) is 18.4 Å². The number of esters is 1. The van der Waals surface area contributed by atoms with Crippen LogP contribution in [0.15, 0.2) is 36.4 Å². The summed E-state index contributed by atoms with van der Waals surface area (Å²) in [6.07, 6.45) is 0. The number of rotatable bonds is 4. The number of hydrogen-bond donors (Lipinski definition) is 2. The van der Waals surface area contributed by atoms with Crippen molar-refractivity contribution in [1.82, 2.24) is 4.98 Å². The van der Waals surface area contributed by atoms with E-state index in [1.54, 1.807) is 13.0 Å². The zero-order valence-electron chi connectivity index (χ0n) is 16.4. The van der Waals surface area contributed by atoms with Gasteiger partial charge in [0.1, 0.15) is 17.4 Å². The maximum atomic E-state index is 14.9. The number of H-pyrrole nitrogens is 1. The van der Waals surface area contributed by atoms with Crippen LogP contribution in [0.5, 0.6) is 5.75 Å². The molecule has 0 radical (unpaired) electrons. The number of carbonyl (C=O) groups excluding carboxylic acids is 2. The minimum absolute atomic E-state index is 0.111. The lowest BCUT2D eigenvalue weighted by atomic mass is 9.87. The van der Waals surface area contributed by atoms with Gasteiger partial charge in [0.15, 0.2) is 0 Å². The van der Waals surface area contributed by atoms with Gasteiger partial charge in [-0.15, -0.1) is 0 Å². The highest BCUT2D eigenvalue weighted by atomic mass is 19.1. The standard InChI is InChI=1S/C22H18F2N2O4/c1-10-17(22(28)30-3)19(18-14-8-11(23)4-7-16(14)26-21(18)27)20(25-10)13-6-5-12(29-2)9-15(13)24/h4-9,18,25H,1-3H3,(H,26,27)/t18-/m0/s1. The Labute approximate surface area is 170 Å². The molecule has 1 atom stereocenters. The molecule has 1 amide bonds. The third-order valence-electron chi connectivity index (χ3n) is 5.19. The first kappa shape index (κ1) is 19.6. The Balaban J connectivity index is 2.01. The third kappa shape index (κ3) is 3.01. The summed E-state index contributed by atoms with van der Waals surface area (Å²) in [5, 5.41) is 2.69. The van der Waals surface area contributed by atoms with E-state index in [2.05, 4.69) is 10.3 Å². The number of halogens is 2. The van der Waals surface area contributed by atoms with E-state index in [1.165, 1.54) is 44.6 Å². The molecular weight excluding hydrogens is 394 g/mol. The van der Waals surface area contributed by atoms with Crippen LogP contribution < -0.4 is 10.1 Å². The second-order valence-corrected chi connectivity index (χ2v) is 6.90. The number of methoxy groups -OCH3 is 2. The molecule has 30 heavy (non-hydrogen) atoms. The number of aromatic amines is 1. The van der Waals surface area contributed by atoms with Crippen LogP contribution in [0.3, 0.4) is 0 Å². The fourth-order valence-corrected chi connectivity index (χ4v) is 3.86. The molecule has 1 aliphatic heterocycles. The summed E-state index contributed by atoms with van der Waals surface area (Å²) in [4.78, 5) is 28.4. The van der Waals surface area contributed by atoms with E-state index in [0.29, 0.717) is 22.7 Å². The Morgan fingerprint density at radius 1 is 1.10 bits per heavy atom. The highest BCUT2D eigenvalue weighted by Gasteiger charge is 2.39. The average Bonchev–Trinajstić information content (AvgIpc) is 3.22. The van der Waals surface area contributed by atoms with Crippen LogP contribution >= 0.6 is 0 Å². The monoisotopic (exact) mass is 412 g/mol. The molecule has 2 heterocycles. The topological polar surface area (TPSA) is 80.4 Å². The lowest BCUT2D eigenvalue weighted by Crippen LogP contribution is -2.17. The summed E-state index contributed by atoms with van der Waals surface area (Å²) < 4.78 is 38.8. The largest absolute Gasteiger partial charge is 0.497 e. The van der Waals surface area contributed by atoms with E-state index in [0.717, 1.165) is 0 Å². The Hall–Kier alpha value is -3.68. The molecule has 0 saturated heterocycles. The lowest BCUT2D eigenvalue weighted by Gasteiger charge is -2.14. The smallest absolute Gasteiger partial charge is 0.340 e. The van der Waals surface area contributed by atoms with Crippen LogP contribution in [-0.4, -0.2) is 31.1 Å². The van der Waals surface area contributed by atoms with Gasteiger partial charge in [-0.3, -0.25) is 4.79 Å². The molecule has 4 rings (SSSR count). The minimum atomic E-state index is -1.02. The zero-order valence-corrected chi connectivity index (χ0v) is 16.4. The van der Waals surface area contributed by atoms with E-state index in [-0.39, 0.29) is 22.4 Å². The first-order valence-corrected chi connectivity index (χ1v) is 9.10. The number of anilines is 1. The normalized spacial score (nSPS) is 15.0. The average molecular weight is 412 g/mol. The highest BCUT2D eigenvalue weighted by Crippen LogP contribution is 2.44. The summed E-state index contributed by atoms with van der Waals surface area (Å²) in [5.74, 6) is -2.97. The molecule has 2 N–H and O–H groups in total. The number of carbonyl (C=O) groups is 2. The van der Waals surface area contributed by atoms with E-state index in [4.69, 9.17) is 9.47 Å². The quantitative estimate of drug-likeness (QED) is 0.631. The van der Waals surface area contributed by atoms with Crippen LogP contribution in [0.25, 0.3) is 11.3 Å². The zero-order chi connectivity index (χ0) is 21.6. The molecule has 154 valence electrons. The van der Waals surface area contributed by atoms with Crippen molar-refractivity contribution < 1.29 is 27.8 Å². The second-order valence-electron chi connectivity index (χ2n) is 6.90. The number of benzene rings is 2. The SMILES string of the molecule is COC(=O)c1c(C)[nH]c(-c2ccc(OC)cc2F)c1[C@H]1C(=O)Nc2ccc(F)cc21. The van der Waals surface area contributed by atoms with Crippen LogP contribution in [0.1, 0.15) is 33.1 Å². The van der Waals surface area contributed by atoms with Crippen LogP contribution in [0.4, 0.5) is 14.5 Å². The molecular formula is C22H18F2N2O4. The van der Waals surface area contributed by atoms with E-state index in [1.807, 2.05) is 0 Å². The van der Waals surface area contributed by atoms with Gasteiger partial charge in [-0.2, -0.15) is 0 Å². The number of aryl methyl sites for hydroxylation is 1. The molecule has 6 nitrogen and oxygen atoms in total. The van der Waals surface area contributed by atoms with Gasteiger partial charge in [0.05, 0.1) is 31.4 Å². The van der Waals surface area contributed by atoms with Crippen LogP contribution in [0.2, 0.25) is 0 Å². The predicted octanol–water partition coefficient (Wildman–Crippen LogP) is 4.15. The fourth-order valence-electron chi connectivity index (χ4n) is 3.86. The van der Waals surface area contributed by atoms with Gasteiger partial charge in [-0.05, 0) is 42.8 Å². The van der Waals surface area contributed by atoms with E-state index >= 15 is 0 Å². The molecule has 8 heteroatoms. The van der Waals surface area contributed by atoms with Crippen LogP contribution in [0, 0.1) is 18.6 Å². The Morgan fingerprint density at radius 3 is 2.53 bits per heavy atom. The summed E-state index contributed by atoms with van der Waals surface area (Å²) in [7, 11) is 2.64. The van der Waals surface area contributed by atoms with Crippen molar-refractivity contribution in [2.24, 2.45) is 0 Å². The molecule has 0 aliphatic carbocycles. The van der Waals surface area contributed by atoms with Crippen molar-refractivity contribution in [3.63, 3.8) is 0 Å². The van der Waals surface area contributed by atoms with Gasteiger partial charge in [0, 0.05) is 28.6 Å². The number of ether oxygens (including phenoxy) is 2. The molecule has 0 spiro atoms. The Morgan fingerprint density at radius 2 is 1.87 bits per heavy atom. The van der Waals surface area contributed by atoms with Crippen molar-refractivity contribution in [3.8, 4) is 17.0 Å². The number of nitrogens with one attached hydrogen (secondary N) is 2. The first-order chi connectivity index (χ1) is 14.3. The second kappa shape index (κ2) is 7.29. The Bertz CT molecular complexity index is 1190. The van der Waals surface area contributed by atoms with Gasteiger partial charge < -0.3 is 19.8 Å². The van der Waals surface area contributed by atoms with Crippen molar-refractivity contribution in [1.29, 1.82) is 0 Å². The van der Waals surface area contributed by atoms with Gasteiger partial charge in [0.2, 0.25) is 5.91 Å². The van der Waals surface area contributed by atoms with Crippen molar-refractivity contribution in [2.75, 3.05) is 19.5 Å². The maximum Gasteiger partial charge on any atom is 0.340 e. The van der Waals surface area contributed by atoms with Crippen molar-refractivity contribution >= 4 is 17.6 Å². The number of hydrogen-bond acceptors (Lipinski definition) is 4. The molecule has 3 aromatic rings. The van der Waals surface area contributed by atoms with Gasteiger partial charge in [-0.1, -0.05) is 0 Å². The third-order valence-corrected chi connectivity index (χ3v) is 5.19. The Kier molecular flexibility index (Phi) is 4.77. The van der Waals surface area contributed by atoms with Crippen LogP contribution in [-0.2, 0) is 9.53 Å². The maximum absolute atomic E-state index is 14.9. The molecule has 1 aliphatic rings. The minimum Gasteiger partial charge on any atom is -0.497 e. The van der Waals surface area contributed by atoms with Crippen molar-refractivity contribution in [3.05, 3.63) is 70.4 Å². The first-order valence-electron chi connectivity index (χ1n) is 9.10.